The molecule has 0 aliphatic carbocycles. The predicted molar refractivity (Wildman–Crippen MR) is 117 cm³/mol. The van der Waals surface area contributed by atoms with Crippen molar-refractivity contribution >= 4 is 10.9 Å². The molecule has 29 heavy (non-hydrogen) atoms. The van der Waals surface area contributed by atoms with Crippen LogP contribution in [0.2, 0.25) is 0 Å². The molecule has 0 spiro atoms. The van der Waals surface area contributed by atoms with Crippen molar-refractivity contribution in [3.05, 3.63) is 90.6 Å². The first-order chi connectivity index (χ1) is 14.2. The van der Waals surface area contributed by atoms with Crippen molar-refractivity contribution in [1.82, 2.24) is 4.98 Å². The molecule has 3 aromatic rings. The number of aliphatic hydroxyl groups is 1. The highest BCUT2D eigenvalue weighted by molar-refractivity contribution is 5.82. The molecule has 4 heterocycles. The molecule has 2 aromatic carbocycles. The van der Waals surface area contributed by atoms with Gasteiger partial charge in [-0.2, -0.15) is 0 Å². The Bertz CT molecular complexity index is 1010. The lowest BCUT2D eigenvalue weighted by atomic mass is 9.71. The van der Waals surface area contributed by atoms with Gasteiger partial charge in [-0.25, -0.2) is 0 Å². The van der Waals surface area contributed by atoms with Crippen LogP contribution in [0.5, 0.6) is 0 Å². The van der Waals surface area contributed by atoms with Crippen LogP contribution in [0.4, 0.5) is 0 Å². The molecule has 0 saturated carbocycles. The third-order valence-corrected chi connectivity index (χ3v) is 7.38. The van der Waals surface area contributed by atoms with Gasteiger partial charge in [0.2, 0.25) is 0 Å². The first-order valence-electron chi connectivity index (χ1n) is 10.7. The van der Waals surface area contributed by atoms with E-state index < -0.39 is 6.10 Å². The number of aromatic nitrogens is 1. The molecular formula is C26H29N2O+. The zero-order valence-corrected chi connectivity index (χ0v) is 16.8. The van der Waals surface area contributed by atoms with Crippen molar-refractivity contribution in [2.45, 2.75) is 31.5 Å². The highest BCUT2D eigenvalue weighted by Crippen LogP contribution is 2.47. The monoisotopic (exact) mass is 385 g/mol. The van der Waals surface area contributed by atoms with Crippen LogP contribution in [-0.4, -0.2) is 33.7 Å². The van der Waals surface area contributed by atoms with Gasteiger partial charge in [0.1, 0.15) is 18.7 Å². The van der Waals surface area contributed by atoms with Gasteiger partial charge in [0, 0.05) is 35.9 Å². The van der Waals surface area contributed by atoms with Crippen LogP contribution in [0, 0.1) is 11.8 Å². The Hall–Kier alpha value is -2.49. The van der Waals surface area contributed by atoms with Gasteiger partial charge in [0.25, 0.3) is 0 Å². The van der Waals surface area contributed by atoms with Crippen molar-refractivity contribution in [3.63, 3.8) is 0 Å². The largest absolute Gasteiger partial charge is 0.382 e. The summed E-state index contributed by atoms with van der Waals surface area (Å²) in [5.74, 6) is 1.18. The third kappa shape index (κ3) is 3.19. The minimum Gasteiger partial charge on any atom is -0.382 e. The number of para-hydroxylation sites is 1. The molecule has 4 unspecified atom stereocenters. The standard InChI is InChI=1S/C26H29N2O/c1-2-20-18-28(17-19-8-4-3-5-9-19)15-13-21(20)16-25(28)26(29)23-12-14-27-24-11-7-6-10-22(23)24/h2-12,14,20-21,25-26,29H,1,13,15-18H2/q+1/t20?,21?,25-,26?,28?/m1/s1. The Morgan fingerprint density at radius 1 is 1.10 bits per heavy atom. The molecule has 3 saturated heterocycles. The Morgan fingerprint density at radius 3 is 2.72 bits per heavy atom. The number of benzene rings is 2. The molecule has 3 heteroatoms. The number of pyridine rings is 1. The second kappa shape index (κ2) is 7.40. The maximum atomic E-state index is 11.7. The van der Waals surface area contributed by atoms with Crippen molar-refractivity contribution in [2.24, 2.45) is 11.8 Å². The van der Waals surface area contributed by atoms with Crippen molar-refractivity contribution in [2.75, 3.05) is 13.1 Å². The van der Waals surface area contributed by atoms with Gasteiger partial charge in [0.05, 0.1) is 18.6 Å². The molecule has 2 bridgehead atoms. The summed E-state index contributed by atoms with van der Waals surface area (Å²) in [4.78, 5) is 4.50. The molecule has 1 aromatic heterocycles. The molecule has 5 atom stereocenters. The van der Waals surface area contributed by atoms with Crippen LogP contribution in [0.15, 0.2) is 79.5 Å². The summed E-state index contributed by atoms with van der Waals surface area (Å²) < 4.78 is 0.953. The summed E-state index contributed by atoms with van der Waals surface area (Å²) in [6.45, 7) is 7.32. The number of quaternary nitrogens is 1. The molecule has 6 rings (SSSR count). The number of hydrogen-bond acceptors (Lipinski definition) is 2. The summed E-state index contributed by atoms with van der Waals surface area (Å²) in [7, 11) is 0. The van der Waals surface area contributed by atoms with Crippen LogP contribution in [0.1, 0.15) is 30.1 Å². The summed E-state index contributed by atoms with van der Waals surface area (Å²) in [5.41, 5.74) is 3.33. The molecule has 148 valence electrons. The minimum absolute atomic E-state index is 0.205. The van der Waals surface area contributed by atoms with Crippen molar-refractivity contribution in [3.8, 4) is 0 Å². The molecule has 3 aliphatic rings. The van der Waals surface area contributed by atoms with Gasteiger partial charge in [-0.05, 0) is 23.6 Å². The average Bonchev–Trinajstić information content (AvgIpc) is 2.78. The lowest BCUT2D eigenvalue weighted by molar-refractivity contribution is -0.984. The molecule has 0 amide bonds. The average molecular weight is 386 g/mol. The first-order valence-corrected chi connectivity index (χ1v) is 10.7. The topological polar surface area (TPSA) is 33.1 Å². The SMILES string of the molecule is C=CC1C[N+]2(Cc3ccccc3)CCC1C[C@@H]2C(O)c1ccnc2ccccc12. The molecular weight excluding hydrogens is 356 g/mol. The van der Waals surface area contributed by atoms with Gasteiger partial charge < -0.3 is 9.59 Å². The van der Waals surface area contributed by atoms with E-state index in [9.17, 15) is 5.11 Å². The fraction of sp³-hybridized carbons (Fsp3) is 0.346. The summed E-state index contributed by atoms with van der Waals surface area (Å²) in [6.07, 6.45) is 5.79. The van der Waals surface area contributed by atoms with Gasteiger partial charge in [-0.3, -0.25) is 4.98 Å². The van der Waals surface area contributed by atoms with Crippen LogP contribution in [-0.2, 0) is 6.54 Å². The van der Waals surface area contributed by atoms with E-state index >= 15 is 0 Å². The Morgan fingerprint density at radius 2 is 1.90 bits per heavy atom. The summed E-state index contributed by atoms with van der Waals surface area (Å²) in [5, 5.41) is 12.8. The van der Waals surface area contributed by atoms with Crippen LogP contribution >= 0.6 is 0 Å². The van der Waals surface area contributed by atoms with Crippen LogP contribution in [0.25, 0.3) is 10.9 Å². The van der Waals surface area contributed by atoms with E-state index in [0.29, 0.717) is 11.8 Å². The number of fused-ring (bicyclic) bond motifs is 4. The van der Waals surface area contributed by atoms with E-state index in [4.69, 9.17) is 0 Å². The van der Waals surface area contributed by atoms with E-state index in [0.717, 1.165) is 47.0 Å². The number of hydrogen-bond donors (Lipinski definition) is 1. The van der Waals surface area contributed by atoms with Crippen molar-refractivity contribution < 1.29 is 9.59 Å². The lowest BCUT2D eigenvalue weighted by Gasteiger charge is -2.58. The smallest absolute Gasteiger partial charge is 0.131 e. The highest BCUT2D eigenvalue weighted by atomic mass is 16.3. The summed E-state index contributed by atoms with van der Waals surface area (Å²) >= 11 is 0. The lowest BCUT2D eigenvalue weighted by Crippen LogP contribution is -2.67. The number of nitrogens with zero attached hydrogens (tertiary/aromatic N) is 2. The predicted octanol–water partition coefficient (Wildman–Crippen LogP) is 4.88. The van der Waals surface area contributed by atoms with E-state index in [1.165, 1.54) is 12.0 Å². The quantitative estimate of drug-likeness (QED) is 0.502. The molecule has 3 nitrogen and oxygen atoms in total. The van der Waals surface area contributed by atoms with E-state index in [1.807, 2.05) is 30.5 Å². The van der Waals surface area contributed by atoms with Gasteiger partial charge in [-0.15, -0.1) is 6.58 Å². The van der Waals surface area contributed by atoms with Crippen molar-refractivity contribution in [1.29, 1.82) is 0 Å². The van der Waals surface area contributed by atoms with E-state index in [-0.39, 0.29) is 6.04 Å². The second-order valence-electron chi connectivity index (χ2n) is 8.88. The molecule has 1 N–H and O–H groups in total. The fourth-order valence-electron chi connectivity index (χ4n) is 5.91. The maximum absolute atomic E-state index is 11.7. The highest BCUT2D eigenvalue weighted by Gasteiger charge is 2.53. The maximum Gasteiger partial charge on any atom is 0.131 e. The van der Waals surface area contributed by atoms with Gasteiger partial charge in [0.15, 0.2) is 0 Å². The number of piperidine rings is 3. The summed E-state index contributed by atoms with van der Waals surface area (Å²) in [6, 6.07) is 21.2. The third-order valence-electron chi connectivity index (χ3n) is 7.38. The van der Waals surface area contributed by atoms with Crippen LogP contribution in [0.3, 0.4) is 0 Å². The molecule has 3 fully saturated rings. The fourth-order valence-corrected chi connectivity index (χ4v) is 5.91. The molecule has 0 radical (unpaired) electrons. The Labute approximate surface area is 172 Å². The number of rotatable bonds is 5. The normalized spacial score (nSPS) is 29.6. The Balaban J connectivity index is 1.56. The number of aliphatic hydroxyl groups excluding tert-OH is 1. The van der Waals surface area contributed by atoms with E-state index in [2.05, 4.69) is 54.0 Å². The minimum atomic E-state index is -0.486. The second-order valence-corrected chi connectivity index (χ2v) is 8.88. The zero-order valence-electron chi connectivity index (χ0n) is 16.8. The first kappa shape index (κ1) is 18.5. The van der Waals surface area contributed by atoms with Crippen LogP contribution < -0.4 is 0 Å². The van der Waals surface area contributed by atoms with E-state index in [1.54, 1.807) is 0 Å². The molecule has 3 aliphatic heterocycles. The van der Waals surface area contributed by atoms with Gasteiger partial charge in [-0.1, -0.05) is 54.6 Å². The Kier molecular flexibility index (Phi) is 4.73. The van der Waals surface area contributed by atoms with Gasteiger partial charge >= 0.3 is 0 Å². The zero-order chi connectivity index (χ0) is 19.8.